The lowest BCUT2D eigenvalue weighted by atomic mass is 10.0. The summed E-state index contributed by atoms with van der Waals surface area (Å²) in [5, 5.41) is 13.2. The van der Waals surface area contributed by atoms with Crippen molar-refractivity contribution in [2.75, 3.05) is 19.8 Å². The largest absolute Gasteiger partial charge is 0.387 e. The summed E-state index contributed by atoms with van der Waals surface area (Å²) in [6.07, 6.45) is -0.475. The van der Waals surface area contributed by atoms with Crippen molar-refractivity contribution in [2.24, 2.45) is 0 Å². The number of hydrogen-bond donors (Lipinski definition) is 2. The molecule has 1 aliphatic heterocycles. The third kappa shape index (κ3) is 2.12. The summed E-state index contributed by atoms with van der Waals surface area (Å²) >= 11 is 0. The Labute approximate surface area is 83.7 Å². The van der Waals surface area contributed by atoms with E-state index in [0.29, 0.717) is 6.61 Å². The minimum absolute atomic E-state index is 0.0196. The standard InChI is InChI=1S/C11H15NO2/c13-11(9-4-2-1-3-5-9)10-8-14-7-6-12-10/h1-5,10-13H,6-8H2/t10-,11+/m1/s1. The van der Waals surface area contributed by atoms with Crippen molar-refractivity contribution in [1.29, 1.82) is 0 Å². The molecule has 1 aromatic carbocycles. The summed E-state index contributed by atoms with van der Waals surface area (Å²) in [7, 11) is 0. The number of ether oxygens (including phenoxy) is 1. The van der Waals surface area contributed by atoms with Crippen LogP contribution in [0.4, 0.5) is 0 Å². The van der Waals surface area contributed by atoms with E-state index >= 15 is 0 Å². The van der Waals surface area contributed by atoms with Crippen molar-refractivity contribution < 1.29 is 9.84 Å². The summed E-state index contributed by atoms with van der Waals surface area (Å²) < 4.78 is 5.30. The molecule has 14 heavy (non-hydrogen) atoms. The summed E-state index contributed by atoms with van der Waals surface area (Å²) in [6.45, 7) is 2.13. The fourth-order valence-corrected chi connectivity index (χ4v) is 1.67. The van der Waals surface area contributed by atoms with Gasteiger partial charge >= 0.3 is 0 Å². The van der Waals surface area contributed by atoms with Gasteiger partial charge in [0.25, 0.3) is 0 Å². The number of nitrogens with one attached hydrogen (secondary N) is 1. The van der Waals surface area contributed by atoms with Gasteiger partial charge in [0.05, 0.1) is 25.4 Å². The van der Waals surface area contributed by atoms with E-state index in [1.807, 2.05) is 30.3 Å². The molecule has 0 radical (unpaired) electrons. The molecular formula is C11H15NO2. The first-order valence-corrected chi connectivity index (χ1v) is 4.92. The molecule has 0 unspecified atom stereocenters. The van der Waals surface area contributed by atoms with E-state index in [9.17, 15) is 5.11 Å². The molecule has 0 amide bonds. The van der Waals surface area contributed by atoms with Gasteiger partial charge in [0.1, 0.15) is 0 Å². The first kappa shape index (κ1) is 9.65. The number of aliphatic hydroxyl groups is 1. The van der Waals surface area contributed by atoms with Gasteiger partial charge in [-0.25, -0.2) is 0 Å². The Morgan fingerprint density at radius 3 is 2.79 bits per heavy atom. The monoisotopic (exact) mass is 193 g/mol. The molecule has 3 nitrogen and oxygen atoms in total. The van der Waals surface area contributed by atoms with E-state index in [2.05, 4.69) is 5.32 Å². The van der Waals surface area contributed by atoms with Gasteiger partial charge in [0.2, 0.25) is 0 Å². The summed E-state index contributed by atoms with van der Waals surface area (Å²) in [5.41, 5.74) is 0.940. The third-order valence-corrected chi connectivity index (χ3v) is 2.47. The lowest BCUT2D eigenvalue weighted by Crippen LogP contribution is -2.45. The number of rotatable bonds is 2. The Hall–Kier alpha value is -0.900. The molecule has 2 rings (SSSR count). The lowest BCUT2D eigenvalue weighted by molar-refractivity contribution is 0.0177. The molecule has 1 aliphatic rings. The molecule has 0 bridgehead atoms. The van der Waals surface area contributed by atoms with Crippen molar-refractivity contribution in [2.45, 2.75) is 12.1 Å². The van der Waals surface area contributed by atoms with Crippen molar-refractivity contribution in [3.8, 4) is 0 Å². The quantitative estimate of drug-likeness (QED) is 0.726. The van der Waals surface area contributed by atoms with Crippen LogP contribution in [0.3, 0.4) is 0 Å². The normalized spacial score (nSPS) is 24.5. The predicted molar refractivity (Wildman–Crippen MR) is 54.0 cm³/mol. The van der Waals surface area contributed by atoms with E-state index in [0.717, 1.165) is 18.7 Å². The summed E-state index contributed by atoms with van der Waals surface area (Å²) in [5.74, 6) is 0. The SMILES string of the molecule is O[C@@H](c1ccccc1)[C@H]1COCCN1. The molecule has 1 heterocycles. The third-order valence-electron chi connectivity index (χ3n) is 2.47. The molecule has 0 aliphatic carbocycles. The molecule has 0 saturated carbocycles. The molecule has 0 spiro atoms. The second kappa shape index (κ2) is 4.55. The number of aliphatic hydroxyl groups excluding tert-OH is 1. The van der Waals surface area contributed by atoms with Crippen molar-refractivity contribution in [3.05, 3.63) is 35.9 Å². The average molecular weight is 193 g/mol. The van der Waals surface area contributed by atoms with Crippen LogP contribution in [0, 0.1) is 0 Å². The highest BCUT2D eigenvalue weighted by Gasteiger charge is 2.22. The first-order chi connectivity index (χ1) is 6.88. The second-order valence-corrected chi connectivity index (χ2v) is 3.49. The Morgan fingerprint density at radius 2 is 2.14 bits per heavy atom. The number of hydrogen-bond acceptors (Lipinski definition) is 3. The Kier molecular flexibility index (Phi) is 3.14. The molecule has 76 valence electrons. The fourth-order valence-electron chi connectivity index (χ4n) is 1.67. The van der Waals surface area contributed by atoms with E-state index in [-0.39, 0.29) is 6.04 Å². The van der Waals surface area contributed by atoms with Gasteiger partial charge in [-0.2, -0.15) is 0 Å². The molecule has 2 atom stereocenters. The van der Waals surface area contributed by atoms with Gasteiger partial charge in [0, 0.05) is 6.54 Å². The molecule has 2 N–H and O–H groups in total. The number of benzene rings is 1. The predicted octanol–water partition coefficient (Wildman–Crippen LogP) is 0.708. The zero-order valence-corrected chi connectivity index (χ0v) is 8.02. The first-order valence-electron chi connectivity index (χ1n) is 4.92. The lowest BCUT2D eigenvalue weighted by Gasteiger charge is -2.28. The van der Waals surface area contributed by atoms with Crippen LogP contribution in [0.1, 0.15) is 11.7 Å². The molecule has 0 aromatic heterocycles. The van der Waals surface area contributed by atoms with Crippen molar-refractivity contribution in [1.82, 2.24) is 5.32 Å². The maximum Gasteiger partial charge on any atom is 0.0965 e. The van der Waals surface area contributed by atoms with E-state index in [1.165, 1.54) is 0 Å². The second-order valence-electron chi connectivity index (χ2n) is 3.49. The van der Waals surface area contributed by atoms with Crippen LogP contribution >= 0.6 is 0 Å². The topological polar surface area (TPSA) is 41.5 Å². The van der Waals surface area contributed by atoms with Crippen molar-refractivity contribution >= 4 is 0 Å². The van der Waals surface area contributed by atoms with E-state index in [1.54, 1.807) is 0 Å². The van der Waals surface area contributed by atoms with Crippen molar-refractivity contribution in [3.63, 3.8) is 0 Å². The van der Waals surface area contributed by atoms with Crippen LogP contribution < -0.4 is 5.32 Å². The smallest absolute Gasteiger partial charge is 0.0965 e. The Bertz CT molecular complexity index is 270. The van der Waals surface area contributed by atoms with Crippen LogP contribution in [-0.4, -0.2) is 30.9 Å². The zero-order valence-electron chi connectivity index (χ0n) is 8.02. The Balaban J connectivity index is 2.03. The van der Waals surface area contributed by atoms with E-state index in [4.69, 9.17) is 4.74 Å². The zero-order chi connectivity index (χ0) is 9.80. The van der Waals surface area contributed by atoms with Crippen LogP contribution in [0.5, 0.6) is 0 Å². The van der Waals surface area contributed by atoms with Gasteiger partial charge in [-0.15, -0.1) is 0 Å². The van der Waals surface area contributed by atoms with E-state index < -0.39 is 6.10 Å². The Morgan fingerprint density at radius 1 is 1.36 bits per heavy atom. The number of morpholine rings is 1. The maximum absolute atomic E-state index is 10.0. The molecule has 3 heteroatoms. The van der Waals surface area contributed by atoms with Crippen LogP contribution in [0.15, 0.2) is 30.3 Å². The highest BCUT2D eigenvalue weighted by molar-refractivity contribution is 5.18. The molecule has 1 aromatic rings. The highest BCUT2D eigenvalue weighted by Crippen LogP contribution is 2.17. The van der Waals surface area contributed by atoms with Gasteiger partial charge in [-0.1, -0.05) is 30.3 Å². The summed E-state index contributed by atoms with van der Waals surface area (Å²) in [6, 6.07) is 9.69. The average Bonchev–Trinajstić information content (AvgIpc) is 2.30. The van der Waals surface area contributed by atoms with Crippen LogP contribution in [0.25, 0.3) is 0 Å². The molecule has 1 fully saturated rings. The molecule has 1 saturated heterocycles. The minimum atomic E-state index is -0.475. The van der Waals surface area contributed by atoms with Gasteiger partial charge < -0.3 is 15.2 Å². The highest BCUT2D eigenvalue weighted by atomic mass is 16.5. The van der Waals surface area contributed by atoms with Crippen LogP contribution in [0.2, 0.25) is 0 Å². The van der Waals surface area contributed by atoms with Crippen LogP contribution in [-0.2, 0) is 4.74 Å². The minimum Gasteiger partial charge on any atom is -0.387 e. The van der Waals surface area contributed by atoms with Gasteiger partial charge in [-0.3, -0.25) is 0 Å². The molecular weight excluding hydrogens is 178 g/mol. The van der Waals surface area contributed by atoms with Gasteiger partial charge in [0.15, 0.2) is 0 Å². The fraction of sp³-hybridized carbons (Fsp3) is 0.455. The summed E-state index contributed by atoms with van der Waals surface area (Å²) in [4.78, 5) is 0. The maximum atomic E-state index is 10.0. The van der Waals surface area contributed by atoms with Gasteiger partial charge in [-0.05, 0) is 5.56 Å².